The lowest BCUT2D eigenvalue weighted by atomic mass is 10.3. The zero-order valence-electron chi connectivity index (χ0n) is 7.23. The summed E-state index contributed by atoms with van der Waals surface area (Å²) in [6.45, 7) is 1.19. The van der Waals surface area contributed by atoms with Gasteiger partial charge in [-0.15, -0.1) is 0 Å². The van der Waals surface area contributed by atoms with Crippen LogP contribution in [0.3, 0.4) is 0 Å². The van der Waals surface area contributed by atoms with Crippen LogP contribution in [0.25, 0.3) is 0 Å². The van der Waals surface area contributed by atoms with Gasteiger partial charge in [-0.05, 0) is 6.54 Å². The lowest BCUT2D eigenvalue weighted by Crippen LogP contribution is -2.46. The van der Waals surface area contributed by atoms with Crippen LogP contribution in [0.5, 0.6) is 0 Å². The zero-order valence-corrected chi connectivity index (χ0v) is 7.23. The minimum Gasteiger partial charge on any atom is -0.465 e. The average molecular weight is 190 g/mol. The van der Waals surface area contributed by atoms with E-state index in [9.17, 15) is 4.79 Å². The van der Waals surface area contributed by atoms with Crippen LogP contribution in [-0.4, -0.2) is 43.3 Å². The van der Waals surface area contributed by atoms with E-state index in [1.807, 2.05) is 0 Å². The van der Waals surface area contributed by atoms with Crippen molar-refractivity contribution in [2.75, 3.05) is 19.8 Å². The van der Waals surface area contributed by atoms with Crippen LogP contribution in [0.2, 0.25) is 0 Å². The molecule has 1 saturated heterocycles. The standard InChI is InChI=1S/C7H14N2O4/c8-2-1-6-12-3-5(4-13-6)9-7(10)11/h5-6,9H,1-4,8H2,(H,10,11)/t5-,6+. The molecule has 1 rings (SSSR count). The van der Waals surface area contributed by atoms with Crippen molar-refractivity contribution in [1.82, 2.24) is 5.32 Å². The summed E-state index contributed by atoms with van der Waals surface area (Å²) < 4.78 is 10.4. The highest BCUT2D eigenvalue weighted by Crippen LogP contribution is 2.07. The topological polar surface area (TPSA) is 93.8 Å². The summed E-state index contributed by atoms with van der Waals surface area (Å²) in [6.07, 6.45) is -0.703. The molecule has 0 saturated carbocycles. The quantitative estimate of drug-likeness (QED) is 0.549. The van der Waals surface area contributed by atoms with Gasteiger partial charge in [-0.25, -0.2) is 4.79 Å². The molecule has 0 spiro atoms. The molecule has 1 heterocycles. The average Bonchev–Trinajstić information content (AvgIpc) is 2.08. The second-order valence-corrected chi connectivity index (χ2v) is 2.82. The van der Waals surface area contributed by atoms with Crippen molar-refractivity contribution in [3.63, 3.8) is 0 Å². The molecule has 6 heteroatoms. The van der Waals surface area contributed by atoms with Crippen LogP contribution >= 0.6 is 0 Å². The minimum absolute atomic E-state index is 0.272. The molecular formula is C7H14N2O4. The summed E-state index contributed by atoms with van der Waals surface area (Å²) in [7, 11) is 0. The molecule has 0 bridgehead atoms. The predicted molar refractivity (Wildman–Crippen MR) is 44.3 cm³/mol. The van der Waals surface area contributed by atoms with Gasteiger partial charge in [0.1, 0.15) is 0 Å². The summed E-state index contributed by atoms with van der Waals surface area (Å²) in [4.78, 5) is 10.2. The third-order valence-electron chi connectivity index (χ3n) is 1.70. The maximum absolute atomic E-state index is 10.2. The lowest BCUT2D eigenvalue weighted by molar-refractivity contribution is -0.189. The summed E-state index contributed by atoms with van der Waals surface area (Å²) in [6, 6.07) is -0.272. The second kappa shape index (κ2) is 5.00. The van der Waals surface area contributed by atoms with E-state index in [4.69, 9.17) is 20.3 Å². The van der Waals surface area contributed by atoms with Crippen molar-refractivity contribution < 1.29 is 19.4 Å². The van der Waals surface area contributed by atoms with Crippen LogP contribution in [0.4, 0.5) is 4.79 Å². The Morgan fingerprint density at radius 2 is 2.15 bits per heavy atom. The highest BCUT2D eigenvalue weighted by Gasteiger charge is 2.22. The smallest absolute Gasteiger partial charge is 0.405 e. The van der Waals surface area contributed by atoms with E-state index in [0.29, 0.717) is 26.2 Å². The van der Waals surface area contributed by atoms with Gasteiger partial charge in [0.25, 0.3) is 0 Å². The van der Waals surface area contributed by atoms with Gasteiger partial charge in [0.15, 0.2) is 6.29 Å². The number of amides is 1. The van der Waals surface area contributed by atoms with Crippen molar-refractivity contribution in [2.24, 2.45) is 5.73 Å². The van der Waals surface area contributed by atoms with Gasteiger partial charge in [-0.1, -0.05) is 0 Å². The number of rotatable bonds is 3. The molecule has 13 heavy (non-hydrogen) atoms. The first kappa shape index (κ1) is 10.2. The maximum Gasteiger partial charge on any atom is 0.405 e. The lowest BCUT2D eigenvalue weighted by Gasteiger charge is -2.28. The van der Waals surface area contributed by atoms with E-state index in [-0.39, 0.29) is 12.3 Å². The van der Waals surface area contributed by atoms with Gasteiger partial charge in [0.2, 0.25) is 0 Å². The summed E-state index contributed by atoms with van der Waals surface area (Å²) in [5.41, 5.74) is 5.30. The zero-order chi connectivity index (χ0) is 9.68. The largest absolute Gasteiger partial charge is 0.465 e. The molecule has 0 aromatic carbocycles. The molecule has 1 fully saturated rings. The van der Waals surface area contributed by atoms with Crippen molar-refractivity contribution in [1.29, 1.82) is 0 Å². The van der Waals surface area contributed by atoms with Gasteiger partial charge in [0, 0.05) is 6.42 Å². The van der Waals surface area contributed by atoms with Crippen LogP contribution < -0.4 is 11.1 Å². The molecule has 0 aromatic rings. The number of carbonyl (C=O) groups is 1. The van der Waals surface area contributed by atoms with E-state index in [2.05, 4.69) is 5.32 Å². The maximum atomic E-state index is 10.2. The van der Waals surface area contributed by atoms with Crippen molar-refractivity contribution in [3.05, 3.63) is 0 Å². The van der Waals surface area contributed by atoms with Crippen LogP contribution in [0.15, 0.2) is 0 Å². The molecule has 0 radical (unpaired) electrons. The SMILES string of the molecule is NCC[C@H]1OC[C@@H](NC(=O)O)CO1. The fourth-order valence-corrected chi connectivity index (χ4v) is 1.10. The Hall–Kier alpha value is -0.850. The van der Waals surface area contributed by atoms with Crippen molar-refractivity contribution >= 4 is 6.09 Å². The fraction of sp³-hybridized carbons (Fsp3) is 0.857. The van der Waals surface area contributed by atoms with E-state index < -0.39 is 6.09 Å². The highest BCUT2D eigenvalue weighted by molar-refractivity contribution is 5.64. The fourth-order valence-electron chi connectivity index (χ4n) is 1.10. The van der Waals surface area contributed by atoms with Crippen molar-refractivity contribution in [3.8, 4) is 0 Å². The Balaban J connectivity index is 2.18. The third-order valence-corrected chi connectivity index (χ3v) is 1.70. The third kappa shape index (κ3) is 3.58. The molecule has 0 aromatic heterocycles. The van der Waals surface area contributed by atoms with Gasteiger partial charge in [-0.3, -0.25) is 0 Å². The number of carboxylic acid groups (broad SMARTS) is 1. The van der Waals surface area contributed by atoms with E-state index in [1.54, 1.807) is 0 Å². The molecule has 1 aliphatic rings. The number of nitrogens with one attached hydrogen (secondary N) is 1. The molecule has 1 amide bonds. The second-order valence-electron chi connectivity index (χ2n) is 2.82. The normalized spacial score (nSPS) is 28.4. The first-order valence-electron chi connectivity index (χ1n) is 4.15. The van der Waals surface area contributed by atoms with E-state index in [0.717, 1.165) is 0 Å². The molecule has 76 valence electrons. The first-order valence-corrected chi connectivity index (χ1v) is 4.15. The summed E-state index contributed by atoms with van der Waals surface area (Å²) in [5, 5.41) is 10.7. The number of hydrogen-bond acceptors (Lipinski definition) is 4. The molecule has 0 atom stereocenters. The van der Waals surface area contributed by atoms with Gasteiger partial charge in [-0.2, -0.15) is 0 Å². The Kier molecular flexibility index (Phi) is 3.94. The van der Waals surface area contributed by atoms with Crippen LogP contribution in [0.1, 0.15) is 6.42 Å². The molecule has 0 unspecified atom stereocenters. The van der Waals surface area contributed by atoms with E-state index in [1.165, 1.54) is 0 Å². The van der Waals surface area contributed by atoms with Gasteiger partial charge < -0.3 is 25.6 Å². The first-order chi connectivity index (χ1) is 6.22. The van der Waals surface area contributed by atoms with Crippen molar-refractivity contribution in [2.45, 2.75) is 18.8 Å². The molecule has 4 N–H and O–H groups in total. The van der Waals surface area contributed by atoms with Gasteiger partial charge >= 0.3 is 6.09 Å². The summed E-state index contributed by atoms with van der Waals surface area (Å²) in [5.74, 6) is 0. The highest BCUT2D eigenvalue weighted by atomic mass is 16.7. The predicted octanol–water partition coefficient (Wildman–Crippen LogP) is -0.656. The van der Waals surface area contributed by atoms with Gasteiger partial charge in [0.05, 0.1) is 19.3 Å². The Bertz CT molecular complexity index is 168. The number of hydrogen-bond donors (Lipinski definition) is 3. The minimum atomic E-state index is -1.06. The Labute approximate surface area is 76.0 Å². The van der Waals surface area contributed by atoms with Crippen LogP contribution in [-0.2, 0) is 9.47 Å². The molecule has 0 aliphatic carbocycles. The molecule has 6 nitrogen and oxygen atoms in total. The van der Waals surface area contributed by atoms with Crippen LogP contribution in [0, 0.1) is 0 Å². The monoisotopic (exact) mass is 190 g/mol. The Morgan fingerprint density at radius 1 is 1.54 bits per heavy atom. The molecular weight excluding hydrogens is 176 g/mol. The Morgan fingerprint density at radius 3 is 2.62 bits per heavy atom. The molecule has 1 aliphatic heterocycles. The summed E-state index contributed by atoms with van der Waals surface area (Å²) >= 11 is 0. The van der Waals surface area contributed by atoms with E-state index >= 15 is 0 Å². The number of ether oxygens (including phenoxy) is 2. The number of nitrogens with two attached hydrogens (primary N) is 1.